The summed E-state index contributed by atoms with van der Waals surface area (Å²) in [5.41, 5.74) is 5.67. The van der Waals surface area contributed by atoms with Gasteiger partial charge in [0, 0.05) is 4.47 Å². The number of halogens is 2. The van der Waals surface area contributed by atoms with Crippen LogP contribution in [-0.2, 0) is 4.74 Å². The Balaban J connectivity index is 3.14. The van der Waals surface area contributed by atoms with Gasteiger partial charge in [0.15, 0.2) is 0 Å². The number of carbonyl (C=O) groups excluding carboxylic acids is 1. The molecule has 0 amide bonds. The molecule has 0 unspecified atom stereocenters. The summed E-state index contributed by atoms with van der Waals surface area (Å²) >= 11 is 9.10. The maximum absolute atomic E-state index is 11.9. The molecule has 0 aromatic heterocycles. The quantitative estimate of drug-likeness (QED) is 0.636. The Bertz CT molecular complexity index is 427. The van der Waals surface area contributed by atoms with Gasteiger partial charge in [-0.2, -0.15) is 0 Å². The van der Waals surface area contributed by atoms with Crippen molar-refractivity contribution in [3.63, 3.8) is 0 Å². The Hall–Kier alpha value is -0.740. The van der Waals surface area contributed by atoms with Crippen molar-refractivity contribution in [2.45, 2.75) is 26.4 Å². The third-order valence-corrected chi connectivity index (χ3v) is 2.73. The topological polar surface area (TPSA) is 52.3 Å². The Kier molecular flexibility index (Phi) is 3.86. The first-order valence-electron chi connectivity index (χ1n) is 4.69. The molecule has 0 fully saturated rings. The molecule has 1 rings (SSSR count). The van der Waals surface area contributed by atoms with E-state index in [1.54, 1.807) is 32.9 Å². The van der Waals surface area contributed by atoms with Crippen molar-refractivity contribution in [1.29, 1.82) is 0 Å². The van der Waals surface area contributed by atoms with Crippen LogP contribution >= 0.6 is 27.5 Å². The highest BCUT2D eigenvalue weighted by Gasteiger charge is 2.22. The van der Waals surface area contributed by atoms with E-state index in [0.717, 1.165) is 0 Å². The van der Waals surface area contributed by atoms with Crippen LogP contribution < -0.4 is 5.73 Å². The summed E-state index contributed by atoms with van der Waals surface area (Å²) in [7, 11) is 0. The molecule has 0 spiro atoms. The highest BCUT2D eigenvalue weighted by Crippen LogP contribution is 2.31. The van der Waals surface area contributed by atoms with E-state index in [2.05, 4.69) is 15.9 Å². The van der Waals surface area contributed by atoms with Gasteiger partial charge in [0.25, 0.3) is 0 Å². The molecule has 0 radical (unpaired) electrons. The van der Waals surface area contributed by atoms with E-state index < -0.39 is 11.6 Å². The highest BCUT2D eigenvalue weighted by molar-refractivity contribution is 9.10. The molecule has 2 N–H and O–H groups in total. The van der Waals surface area contributed by atoms with Crippen LogP contribution in [0.2, 0.25) is 5.02 Å². The molecule has 0 aliphatic carbocycles. The van der Waals surface area contributed by atoms with Crippen LogP contribution in [0, 0.1) is 0 Å². The summed E-state index contributed by atoms with van der Waals surface area (Å²) in [6.45, 7) is 5.37. The van der Waals surface area contributed by atoms with E-state index in [9.17, 15) is 4.79 Å². The second-order valence-electron chi connectivity index (χ2n) is 4.32. The van der Waals surface area contributed by atoms with Crippen LogP contribution in [0.1, 0.15) is 31.1 Å². The smallest absolute Gasteiger partial charge is 0.341 e. The Morgan fingerprint density at radius 2 is 2.00 bits per heavy atom. The zero-order valence-corrected chi connectivity index (χ0v) is 11.6. The Morgan fingerprint density at radius 3 is 2.50 bits per heavy atom. The lowest BCUT2D eigenvalue weighted by Crippen LogP contribution is -2.24. The third kappa shape index (κ3) is 3.12. The zero-order valence-electron chi connectivity index (χ0n) is 9.30. The summed E-state index contributed by atoms with van der Waals surface area (Å²) in [5, 5.41) is 0.337. The first-order valence-corrected chi connectivity index (χ1v) is 5.86. The van der Waals surface area contributed by atoms with Crippen molar-refractivity contribution in [3.8, 4) is 0 Å². The second kappa shape index (κ2) is 4.63. The molecule has 1 aromatic carbocycles. The summed E-state index contributed by atoms with van der Waals surface area (Å²) < 4.78 is 5.81. The first kappa shape index (κ1) is 13.3. The standard InChI is InChI=1S/C11H13BrClNO2/c1-11(2,3)16-10(15)8-6(12)4-5-7(13)9(8)14/h4-5H,14H2,1-3H3. The molecular formula is C11H13BrClNO2. The molecule has 0 saturated carbocycles. The van der Waals surface area contributed by atoms with Crippen LogP contribution in [0.3, 0.4) is 0 Å². The molecule has 0 aliphatic heterocycles. The summed E-state index contributed by atoms with van der Waals surface area (Å²) in [6.07, 6.45) is 0. The fourth-order valence-corrected chi connectivity index (χ4v) is 1.77. The summed E-state index contributed by atoms with van der Waals surface area (Å²) in [5.74, 6) is -0.487. The van der Waals surface area contributed by atoms with Crippen LogP contribution in [0.5, 0.6) is 0 Å². The van der Waals surface area contributed by atoms with Gasteiger partial charge in [-0.25, -0.2) is 4.79 Å². The number of nitrogen functional groups attached to an aromatic ring is 1. The molecule has 1 aromatic rings. The SMILES string of the molecule is CC(C)(C)OC(=O)c1c(Br)ccc(Cl)c1N. The Labute approximate surface area is 108 Å². The lowest BCUT2D eigenvalue weighted by molar-refractivity contribution is 0.00698. The molecule has 88 valence electrons. The number of hydrogen-bond donors (Lipinski definition) is 1. The fraction of sp³-hybridized carbons (Fsp3) is 0.364. The molecule has 5 heteroatoms. The van der Waals surface area contributed by atoms with Crippen LogP contribution in [0.25, 0.3) is 0 Å². The molecule has 3 nitrogen and oxygen atoms in total. The van der Waals surface area contributed by atoms with Gasteiger partial charge in [-0.15, -0.1) is 0 Å². The number of hydrogen-bond acceptors (Lipinski definition) is 3. The molecule has 0 atom stereocenters. The van der Waals surface area contributed by atoms with Crippen molar-refractivity contribution in [2.24, 2.45) is 0 Å². The second-order valence-corrected chi connectivity index (χ2v) is 5.58. The van der Waals surface area contributed by atoms with E-state index >= 15 is 0 Å². The number of anilines is 1. The largest absolute Gasteiger partial charge is 0.456 e. The maximum atomic E-state index is 11.9. The van der Waals surface area contributed by atoms with E-state index in [-0.39, 0.29) is 11.3 Å². The molecule has 0 aliphatic rings. The van der Waals surface area contributed by atoms with Gasteiger partial charge in [0.2, 0.25) is 0 Å². The van der Waals surface area contributed by atoms with Crippen molar-refractivity contribution in [2.75, 3.05) is 5.73 Å². The Morgan fingerprint density at radius 1 is 1.44 bits per heavy atom. The molecule has 0 heterocycles. The third-order valence-electron chi connectivity index (χ3n) is 1.74. The van der Waals surface area contributed by atoms with Crippen LogP contribution in [0.15, 0.2) is 16.6 Å². The lowest BCUT2D eigenvalue weighted by Gasteiger charge is -2.20. The van der Waals surface area contributed by atoms with Crippen molar-refractivity contribution >= 4 is 39.2 Å². The van der Waals surface area contributed by atoms with Gasteiger partial charge < -0.3 is 10.5 Å². The molecule has 0 saturated heterocycles. The number of benzene rings is 1. The minimum Gasteiger partial charge on any atom is -0.456 e. The van der Waals surface area contributed by atoms with E-state index in [1.165, 1.54) is 0 Å². The number of nitrogens with two attached hydrogens (primary N) is 1. The average molecular weight is 307 g/mol. The predicted molar refractivity (Wildman–Crippen MR) is 68.7 cm³/mol. The molecule has 16 heavy (non-hydrogen) atoms. The minimum absolute atomic E-state index is 0.227. The predicted octanol–water partition coefficient (Wildman–Crippen LogP) is 3.64. The van der Waals surface area contributed by atoms with Gasteiger partial charge in [-0.05, 0) is 48.8 Å². The van der Waals surface area contributed by atoms with Gasteiger partial charge >= 0.3 is 5.97 Å². The average Bonchev–Trinajstić information content (AvgIpc) is 2.09. The monoisotopic (exact) mass is 305 g/mol. The number of rotatable bonds is 1. The number of esters is 1. The van der Waals surface area contributed by atoms with E-state index in [0.29, 0.717) is 9.50 Å². The lowest BCUT2D eigenvalue weighted by atomic mass is 10.1. The van der Waals surface area contributed by atoms with Crippen molar-refractivity contribution in [1.82, 2.24) is 0 Å². The number of carbonyl (C=O) groups is 1. The first-order chi connectivity index (χ1) is 7.22. The zero-order chi connectivity index (χ0) is 12.5. The van der Waals surface area contributed by atoms with Crippen LogP contribution in [0.4, 0.5) is 5.69 Å². The summed E-state index contributed by atoms with van der Waals surface area (Å²) in [6, 6.07) is 3.28. The fourth-order valence-electron chi connectivity index (χ4n) is 1.10. The van der Waals surface area contributed by atoms with Gasteiger partial charge in [0.05, 0.1) is 16.3 Å². The van der Waals surface area contributed by atoms with Gasteiger partial charge in [-0.3, -0.25) is 0 Å². The van der Waals surface area contributed by atoms with Crippen molar-refractivity contribution in [3.05, 3.63) is 27.2 Å². The molecule has 0 bridgehead atoms. The summed E-state index contributed by atoms with van der Waals surface area (Å²) in [4.78, 5) is 11.9. The minimum atomic E-state index is -0.564. The van der Waals surface area contributed by atoms with Crippen LogP contribution in [-0.4, -0.2) is 11.6 Å². The van der Waals surface area contributed by atoms with Gasteiger partial charge in [0.1, 0.15) is 5.60 Å². The maximum Gasteiger partial charge on any atom is 0.341 e. The van der Waals surface area contributed by atoms with Crippen molar-refractivity contribution < 1.29 is 9.53 Å². The number of ether oxygens (including phenoxy) is 1. The normalized spacial score (nSPS) is 11.3. The molecular weight excluding hydrogens is 293 g/mol. The highest BCUT2D eigenvalue weighted by atomic mass is 79.9. The van der Waals surface area contributed by atoms with E-state index in [4.69, 9.17) is 22.1 Å². The van der Waals surface area contributed by atoms with E-state index in [1.807, 2.05) is 0 Å². The van der Waals surface area contributed by atoms with Gasteiger partial charge in [-0.1, -0.05) is 11.6 Å².